The SMILES string of the molecule is CCN[C@@H]1CCC=C(c2ccc(F)cc2)[C@H]1CSc1ccc(S(=O)(=O)Nc2nccs2)cc1Cl. The summed E-state index contributed by atoms with van der Waals surface area (Å²) in [4.78, 5) is 4.87. The molecule has 3 aromatic rings. The van der Waals surface area contributed by atoms with Gasteiger partial charge in [0.05, 0.1) is 9.92 Å². The molecule has 10 heteroatoms. The number of benzene rings is 2. The van der Waals surface area contributed by atoms with Gasteiger partial charge in [0.15, 0.2) is 5.13 Å². The van der Waals surface area contributed by atoms with Crippen molar-refractivity contribution >= 4 is 55.4 Å². The average Bonchev–Trinajstić information content (AvgIpc) is 3.32. The van der Waals surface area contributed by atoms with Gasteiger partial charge in [-0.2, -0.15) is 0 Å². The fourth-order valence-corrected chi connectivity index (χ4v) is 7.42. The highest BCUT2D eigenvalue weighted by Crippen LogP contribution is 2.39. The first-order valence-corrected chi connectivity index (χ1v) is 14.6. The lowest BCUT2D eigenvalue weighted by Gasteiger charge is -2.33. The van der Waals surface area contributed by atoms with Crippen LogP contribution in [0.15, 0.2) is 69.9 Å². The number of rotatable bonds is 9. The van der Waals surface area contributed by atoms with Crippen LogP contribution in [0, 0.1) is 11.7 Å². The van der Waals surface area contributed by atoms with Crippen molar-refractivity contribution in [2.24, 2.45) is 5.92 Å². The Hall–Kier alpha value is -1.91. The van der Waals surface area contributed by atoms with E-state index in [0.717, 1.165) is 35.6 Å². The molecule has 5 nitrogen and oxygen atoms in total. The number of allylic oxidation sites excluding steroid dienone is 1. The summed E-state index contributed by atoms with van der Waals surface area (Å²) in [7, 11) is -3.77. The molecule has 0 aliphatic heterocycles. The van der Waals surface area contributed by atoms with E-state index >= 15 is 0 Å². The standard InChI is InChI=1S/C24H25ClFN3O2S3/c1-2-27-22-5-3-4-19(16-6-8-17(26)9-7-16)20(22)15-33-23-11-10-18(14-21(23)25)34(30,31)29-24-28-12-13-32-24/h4,6-14,20,22,27H,2-3,5,15H2,1H3,(H,28,29)/t20-,22-/m1/s1. The number of hydrogen-bond donors (Lipinski definition) is 2. The second-order valence-corrected chi connectivity index (χ2v) is 11.9. The van der Waals surface area contributed by atoms with E-state index in [0.29, 0.717) is 16.2 Å². The monoisotopic (exact) mass is 537 g/mol. The number of nitrogens with zero attached hydrogens (tertiary/aromatic N) is 1. The zero-order chi connectivity index (χ0) is 24.1. The highest BCUT2D eigenvalue weighted by molar-refractivity contribution is 7.99. The van der Waals surface area contributed by atoms with E-state index in [2.05, 4.69) is 28.0 Å². The third-order valence-corrected chi connectivity index (χ3v) is 9.43. The Balaban J connectivity index is 1.52. The van der Waals surface area contributed by atoms with Gasteiger partial charge in [-0.25, -0.2) is 17.8 Å². The number of sulfonamides is 1. The van der Waals surface area contributed by atoms with E-state index in [-0.39, 0.29) is 16.6 Å². The van der Waals surface area contributed by atoms with Gasteiger partial charge in [-0.1, -0.05) is 36.7 Å². The van der Waals surface area contributed by atoms with Crippen LogP contribution in [-0.2, 0) is 10.0 Å². The zero-order valence-electron chi connectivity index (χ0n) is 18.5. The Morgan fingerprint density at radius 3 is 2.71 bits per heavy atom. The Labute approximate surface area is 212 Å². The van der Waals surface area contributed by atoms with Crippen molar-refractivity contribution in [3.8, 4) is 0 Å². The van der Waals surface area contributed by atoms with Gasteiger partial charge < -0.3 is 5.32 Å². The summed E-state index contributed by atoms with van der Waals surface area (Å²) >= 11 is 9.31. The molecule has 0 saturated heterocycles. The van der Waals surface area contributed by atoms with Gasteiger partial charge in [-0.3, -0.25) is 4.72 Å². The first-order valence-electron chi connectivity index (χ1n) is 10.9. The molecular formula is C24H25ClFN3O2S3. The van der Waals surface area contributed by atoms with Crippen LogP contribution < -0.4 is 10.0 Å². The molecule has 1 aromatic heterocycles. The lowest BCUT2D eigenvalue weighted by molar-refractivity contribution is 0.416. The molecule has 1 aliphatic rings. The summed E-state index contributed by atoms with van der Waals surface area (Å²) in [6, 6.07) is 11.7. The Bertz CT molecular complexity index is 1250. The summed E-state index contributed by atoms with van der Waals surface area (Å²) in [6.45, 7) is 2.96. The number of anilines is 1. The summed E-state index contributed by atoms with van der Waals surface area (Å²) in [5, 5.41) is 5.98. The quantitative estimate of drug-likeness (QED) is 0.313. The van der Waals surface area contributed by atoms with Crippen molar-refractivity contribution < 1.29 is 12.8 Å². The minimum atomic E-state index is -3.77. The van der Waals surface area contributed by atoms with Crippen LogP contribution >= 0.6 is 34.7 Å². The van der Waals surface area contributed by atoms with Crippen LogP contribution in [0.1, 0.15) is 25.3 Å². The summed E-state index contributed by atoms with van der Waals surface area (Å²) in [6.07, 6.45) is 5.77. The molecule has 34 heavy (non-hydrogen) atoms. The third kappa shape index (κ3) is 6.01. The number of aromatic nitrogens is 1. The Morgan fingerprint density at radius 1 is 1.24 bits per heavy atom. The van der Waals surface area contributed by atoms with Crippen molar-refractivity contribution in [1.82, 2.24) is 10.3 Å². The smallest absolute Gasteiger partial charge is 0.263 e. The first-order chi connectivity index (χ1) is 16.4. The van der Waals surface area contributed by atoms with E-state index in [1.165, 1.54) is 41.3 Å². The largest absolute Gasteiger partial charge is 0.314 e. The first kappa shape index (κ1) is 25.2. The van der Waals surface area contributed by atoms with Crippen LogP contribution in [0.3, 0.4) is 0 Å². The second kappa shape index (κ2) is 11.2. The Morgan fingerprint density at radius 2 is 2.03 bits per heavy atom. The van der Waals surface area contributed by atoms with Gasteiger partial charge in [0.2, 0.25) is 0 Å². The molecule has 2 aromatic carbocycles. The summed E-state index contributed by atoms with van der Waals surface area (Å²) in [5.41, 5.74) is 2.23. The third-order valence-electron chi connectivity index (χ3n) is 5.66. The lowest BCUT2D eigenvalue weighted by atomic mass is 9.81. The van der Waals surface area contributed by atoms with Crippen molar-refractivity contribution in [2.45, 2.75) is 35.6 Å². The highest BCUT2D eigenvalue weighted by atomic mass is 35.5. The number of nitrogens with one attached hydrogen (secondary N) is 2. The maximum atomic E-state index is 13.5. The van der Waals surface area contributed by atoms with E-state index in [1.54, 1.807) is 29.3 Å². The van der Waals surface area contributed by atoms with E-state index in [9.17, 15) is 12.8 Å². The molecule has 0 radical (unpaired) electrons. The molecule has 0 spiro atoms. The van der Waals surface area contributed by atoms with E-state index < -0.39 is 10.0 Å². The van der Waals surface area contributed by atoms with Crippen molar-refractivity contribution in [3.63, 3.8) is 0 Å². The molecule has 0 saturated carbocycles. The molecular weight excluding hydrogens is 513 g/mol. The fraction of sp³-hybridized carbons (Fsp3) is 0.292. The van der Waals surface area contributed by atoms with Gasteiger partial charge in [0, 0.05) is 34.2 Å². The van der Waals surface area contributed by atoms with Crippen LogP contribution in [0.25, 0.3) is 5.57 Å². The normalized spacial score (nSPS) is 18.5. The maximum absolute atomic E-state index is 13.5. The van der Waals surface area contributed by atoms with Crippen molar-refractivity contribution in [1.29, 1.82) is 0 Å². The van der Waals surface area contributed by atoms with Crippen LogP contribution in [0.5, 0.6) is 0 Å². The molecule has 1 heterocycles. The molecule has 0 unspecified atom stereocenters. The van der Waals surface area contributed by atoms with Gasteiger partial charge in [-0.05, 0) is 60.9 Å². The summed E-state index contributed by atoms with van der Waals surface area (Å²) < 4.78 is 41.3. The van der Waals surface area contributed by atoms with Gasteiger partial charge in [0.25, 0.3) is 10.0 Å². The minimum Gasteiger partial charge on any atom is -0.314 e. The number of thioether (sulfide) groups is 1. The molecule has 180 valence electrons. The lowest BCUT2D eigenvalue weighted by Crippen LogP contribution is -2.39. The predicted molar refractivity (Wildman–Crippen MR) is 140 cm³/mol. The van der Waals surface area contributed by atoms with Crippen LogP contribution in [0.2, 0.25) is 5.02 Å². The molecule has 0 amide bonds. The molecule has 2 N–H and O–H groups in total. The molecule has 2 atom stereocenters. The molecule has 1 aliphatic carbocycles. The van der Waals surface area contributed by atoms with Gasteiger partial charge in [0.1, 0.15) is 5.82 Å². The fourth-order valence-electron chi connectivity index (χ4n) is 4.07. The second-order valence-electron chi connectivity index (χ2n) is 7.86. The highest BCUT2D eigenvalue weighted by Gasteiger charge is 2.29. The minimum absolute atomic E-state index is 0.0899. The number of hydrogen-bond acceptors (Lipinski definition) is 6. The number of halogens is 2. The van der Waals surface area contributed by atoms with Crippen molar-refractivity contribution in [3.05, 3.63) is 76.5 Å². The molecule has 0 fully saturated rings. The summed E-state index contributed by atoms with van der Waals surface area (Å²) in [5.74, 6) is 0.708. The predicted octanol–water partition coefficient (Wildman–Crippen LogP) is 6.30. The van der Waals surface area contributed by atoms with Crippen molar-refractivity contribution in [2.75, 3.05) is 17.0 Å². The topological polar surface area (TPSA) is 71.1 Å². The molecule has 4 rings (SSSR count). The molecule has 0 bridgehead atoms. The average molecular weight is 538 g/mol. The van der Waals surface area contributed by atoms with Gasteiger partial charge >= 0.3 is 0 Å². The van der Waals surface area contributed by atoms with E-state index in [4.69, 9.17) is 11.6 Å². The van der Waals surface area contributed by atoms with E-state index in [1.807, 2.05) is 12.1 Å². The number of thiazole rings is 1. The Kier molecular flexibility index (Phi) is 8.31. The van der Waals surface area contributed by atoms with Crippen LogP contribution in [0.4, 0.5) is 9.52 Å². The zero-order valence-corrected chi connectivity index (χ0v) is 21.7. The van der Waals surface area contributed by atoms with Crippen LogP contribution in [-0.4, -0.2) is 31.7 Å². The van der Waals surface area contributed by atoms with Gasteiger partial charge in [-0.15, -0.1) is 23.1 Å². The maximum Gasteiger partial charge on any atom is 0.263 e.